The Labute approximate surface area is 133 Å². The van der Waals surface area contributed by atoms with Crippen molar-refractivity contribution in [2.45, 2.75) is 11.8 Å². The number of hydrogen-bond acceptors (Lipinski definition) is 7. The van der Waals surface area contributed by atoms with Crippen molar-refractivity contribution in [2.75, 3.05) is 18.4 Å². The molecule has 0 aliphatic carbocycles. The summed E-state index contributed by atoms with van der Waals surface area (Å²) in [7, 11) is -3.71. The minimum atomic E-state index is -3.71. The SMILES string of the molecule is Cc1cc(NCCNS(=O)(=O)c2ccc([N+](=O)[O-])cc2)ncn1. The van der Waals surface area contributed by atoms with E-state index < -0.39 is 14.9 Å². The zero-order valence-electron chi connectivity index (χ0n) is 12.3. The second kappa shape index (κ2) is 7.11. The van der Waals surface area contributed by atoms with Gasteiger partial charge in [-0.3, -0.25) is 10.1 Å². The van der Waals surface area contributed by atoms with E-state index in [2.05, 4.69) is 20.0 Å². The van der Waals surface area contributed by atoms with Crippen LogP contribution in [0.1, 0.15) is 5.69 Å². The van der Waals surface area contributed by atoms with Crippen molar-refractivity contribution < 1.29 is 13.3 Å². The average Bonchev–Trinajstić information content (AvgIpc) is 2.52. The van der Waals surface area contributed by atoms with Gasteiger partial charge in [-0.2, -0.15) is 0 Å². The largest absolute Gasteiger partial charge is 0.369 e. The van der Waals surface area contributed by atoms with Crippen LogP contribution in [0.2, 0.25) is 0 Å². The molecule has 2 rings (SSSR count). The number of nitro groups is 1. The Kier molecular flexibility index (Phi) is 5.19. The van der Waals surface area contributed by atoms with E-state index >= 15 is 0 Å². The summed E-state index contributed by atoms with van der Waals surface area (Å²) in [6.45, 7) is 2.30. The zero-order chi connectivity index (χ0) is 16.9. The Morgan fingerprint density at radius 2 is 1.87 bits per heavy atom. The smallest absolute Gasteiger partial charge is 0.269 e. The van der Waals surface area contributed by atoms with E-state index in [1.54, 1.807) is 6.07 Å². The number of nitro benzene ring substituents is 1. The lowest BCUT2D eigenvalue weighted by Crippen LogP contribution is -2.29. The van der Waals surface area contributed by atoms with Crippen molar-refractivity contribution in [3.05, 3.63) is 52.5 Å². The number of sulfonamides is 1. The van der Waals surface area contributed by atoms with Crippen molar-refractivity contribution >= 4 is 21.5 Å². The Morgan fingerprint density at radius 3 is 2.48 bits per heavy atom. The molecule has 1 aromatic carbocycles. The van der Waals surface area contributed by atoms with Crippen LogP contribution in [0.3, 0.4) is 0 Å². The van der Waals surface area contributed by atoms with Crippen LogP contribution in [0.4, 0.5) is 11.5 Å². The highest BCUT2D eigenvalue weighted by Gasteiger charge is 2.15. The molecule has 0 amide bonds. The second-order valence-electron chi connectivity index (χ2n) is 4.62. The number of benzene rings is 1. The third-order valence-electron chi connectivity index (χ3n) is 2.88. The molecule has 0 unspecified atom stereocenters. The van der Waals surface area contributed by atoms with E-state index in [0.717, 1.165) is 17.8 Å². The molecule has 9 nitrogen and oxygen atoms in total. The van der Waals surface area contributed by atoms with Crippen LogP contribution < -0.4 is 10.0 Å². The molecule has 2 N–H and O–H groups in total. The quantitative estimate of drug-likeness (QED) is 0.439. The monoisotopic (exact) mass is 337 g/mol. The Bertz CT molecular complexity index is 792. The van der Waals surface area contributed by atoms with E-state index in [1.807, 2.05) is 6.92 Å². The number of rotatable bonds is 7. The molecular formula is C13H15N5O4S. The molecule has 0 atom stereocenters. The molecule has 0 saturated carbocycles. The summed E-state index contributed by atoms with van der Waals surface area (Å²) < 4.78 is 26.5. The number of aryl methyl sites for hydroxylation is 1. The van der Waals surface area contributed by atoms with Gasteiger partial charge in [-0.25, -0.2) is 23.1 Å². The van der Waals surface area contributed by atoms with Gasteiger partial charge < -0.3 is 5.32 Å². The zero-order valence-corrected chi connectivity index (χ0v) is 13.1. The van der Waals surface area contributed by atoms with Gasteiger partial charge in [-0.15, -0.1) is 0 Å². The Morgan fingerprint density at radius 1 is 1.17 bits per heavy atom. The van der Waals surface area contributed by atoms with Crippen LogP contribution in [0.5, 0.6) is 0 Å². The summed E-state index contributed by atoms with van der Waals surface area (Å²) in [6, 6.07) is 6.43. The molecule has 0 radical (unpaired) electrons. The van der Waals surface area contributed by atoms with Crippen LogP contribution in [0, 0.1) is 17.0 Å². The molecule has 0 bridgehead atoms. The first-order valence-corrected chi connectivity index (χ1v) is 8.13. The lowest BCUT2D eigenvalue weighted by molar-refractivity contribution is -0.384. The number of aromatic nitrogens is 2. The predicted octanol–water partition coefficient (Wildman–Crippen LogP) is 1.08. The van der Waals surface area contributed by atoms with E-state index in [1.165, 1.54) is 18.5 Å². The number of nitrogens with zero attached hydrogens (tertiary/aromatic N) is 3. The van der Waals surface area contributed by atoms with E-state index in [4.69, 9.17) is 0 Å². The summed E-state index contributed by atoms with van der Waals surface area (Å²) in [4.78, 5) is 17.9. The number of nitrogens with one attached hydrogen (secondary N) is 2. The normalized spacial score (nSPS) is 11.2. The van der Waals surface area contributed by atoms with Crippen LogP contribution >= 0.6 is 0 Å². The van der Waals surface area contributed by atoms with Gasteiger partial charge in [0, 0.05) is 37.0 Å². The fraction of sp³-hybridized carbons (Fsp3) is 0.231. The van der Waals surface area contributed by atoms with Crippen LogP contribution in [-0.4, -0.2) is 36.4 Å². The third kappa shape index (κ3) is 4.69. The van der Waals surface area contributed by atoms with Gasteiger partial charge >= 0.3 is 0 Å². The number of anilines is 1. The lowest BCUT2D eigenvalue weighted by atomic mass is 10.3. The Hall–Kier alpha value is -2.59. The van der Waals surface area contributed by atoms with Crippen molar-refractivity contribution in [2.24, 2.45) is 0 Å². The summed E-state index contributed by atoms with van der Waals surface area (Å²) in [5.41, 5.74) is 0.638. The van der Waals surface area contributed by atoms with Crippen molar-refractivity contribution in [1.29, 1.82) is 0 Å². The van der Waals surface area contributed by atoms with E-state index in [9.17, 15) is 18.5 Å². The van der Waals surface area contributed by atoms with Gasteiger partial charge in [0.25, 0.3) is 5.69 Å². The van der Waals surface area contributed by atoms with Gasteiger partial charge in [0.15, 0.2) is 0 Å². The van der Waals surface area contributed by atoms with Crippen LogP contribution in [0.15, 0.2) is 41.6 Å². The maximum Gasteiger partial charge on any atom is 0.269 e. The molecule has 1 heterocycles. The maximum atomic E-state index is 12.0. The molecule has 0 aliphatic heterocycles. The van der Waals surface area contributed by atoms with Crippen molar-refractivity contribution in [3.63, 3.8) is 0 Å². The minimum absolute atomic E-state index is 0.0269. The van der Waals surface area contributed by atoms with Gasteiger partial charge in [0.05, 0.1) is 9.82 Å². The molecular weight excluding hydrogens is 322 g/mol. The molecule has 10 heteroatoms. The second-order valence-corrected chi connectivity index (χ2v) is 6.39. The van der Waals surface area contributed by atoms with E-state index in [0.29, 0.717) is 12.4 Å². The molecule has 1 aromatic heterocycles. The standard InChI is InChI=1S/C13H15N5O4S/c1-10-8-13(16-9-15-10)14-6-7-17-23(21,22)12-4-2-11(3-5-12)18(19)20/h2-5,8-9,17H,6-7H2,1H3,(H,14,15,16). The summed E-state index contributed by atoms with van der Waals surface area (Å²) in [5, 5.41) is 13.5. The van der Waals surface area contributed by atoms with Crippen LogP contribution in [0.25, 0.3) is 0 Å². The minimum Gasteiger partial charge on any atom is -0.369 e. The van der Waals surface area contributed by atoms with Crippen LogP contribution in [-0.2, 0) is 10.0 Å². The predicted molar refractivity (Wildman–Crippen MR) is 83.5 cm³/mol. The Balaban J connectivity index is 1.90. The summed E-state index contributed by atoms with van der Waals surface area (Å²) in [6.07, 6.45) is 1.42. The highest BCUT2D eigenvalue weighted by atomic mass is 32.2. The molecule has 0 fully saturated rings. The fourth-order valence-corrected chi connectivity index (χ4v) is 2.79. The third-order valence-corrected chi connectivity index (χ3v) is 4.36. The highest BCUT2D eigenvalue weighted by Crippen LogP contribution is 2.15. The first-order valence-electron chi connectivity index (χ1n) is 6.65. The molecule has 0 aliphatic rings. The number of non-ortho nitro benzene ring substituents is 1. The summed E-state index contributed by atoms with van der Waals surface area (Å²) in [5.74, 6) is 0.604. The van der Waals surface area contributed by atoms with Gasteiger partial charge in [0.2, 0.25) is 10.0 Å². The van der Waals surface area contributed by atoms with E-state index in [-0.39, 0.29) is 17.1 Å². The molecule has 0 saturated heterocycles. The molecule has 2 aromatic rings. The molecule has 0 spiro atoms. The lowest BCUT2D eigenvalue weighted by Gasteiger charge is -2.08. The van der Waals surface area contributed by atoms with Gasteiger partial charge in [-0.05, 0) is 19.1 Å². The highest BCUT2D eigenvalue weighted by molar-refractivity contribution is 7.89. The molecule has 122 valence electrons. The van der Waals surface area contributed by atoms with Gasteiger partial charge in [0.1, 0.15) is 12.1 Å². The molecule has 23 heavy (non-hydrogen) atoms. The summed E-state index contributed by atoms with van der Waals surface area (Å²) >= 11 is 0. The average molecular weight is 337 g/mol. The van der Waals surface area contributed by atoms with Crippen molar-refractivity contribution in [3.8, 4) is 0 Å². The number of hydrogen-bond donors (Lipinski definition) is 2. The fourth-order valence-electron chi connectivity index (χ4n) is 1.76. The van der Waals surface area contributed by atoms with Gasteiger partial charge in [-0.1, -0.05) is 0 Å². The first kappa shape index (κ1) is 16.8. The van der Waals surface area contributed by atoms with Crippen molar-refractivity contribution in [1.82, 2.24) is 14.7 Å². The maximum absolute atomic E-state index is 12.0. The first-order chi connectivity index (χ1) is 10.9. The topological polar surface area (TPSA) is 127 Å².